The van der Waals surface area contributed by atoms with E-state index in [-0.39, 0.29) is 17.2 Å². The fourth-order valence-corrected chi connectivity index (χ4v) is 5.55. The van der Waals surface area contributed by atoms with Crippen LogP contribution in [0.15, 0.2) is 35.8 Å². The van der Waals surface area contributed by atoms with Crippen LogP contribution < -0.4 is 11.1 Å². The van der Waals surface area contributed by atoms with Crippen LogP contribution in [0.2, 0.25) is 0 Å². The van der Waals surface area contributed by atoms with E-state index in [0.717, 1.165) is 11.8 Å². The van der Waals surface area contributed by atoms with E-state index in [1.54, 1.807) is 13.0 Å². The molecule has 1 fully saturated rings. The van der Waals surface area contributed by atoms with Gasteiger partial charge in [0.2, 0.25) is 5.95 Å². The number of pyridine rings is 2. The quantitative estimate of drug-likeness (QED) is 0.572. The van der Waals surface area contributed by atoms with Crippen molar-refractivity contribution in [3.05, 3.63) is 47.9 Å². The second-order valence-electron chi connectivity index (χ2n) is 7.83. The molecule has 12 heteroatoms. The molecule has 2 aliphatic rings. The number of hydrogen-bond donors (Lipinski definition) is 2. The summed E-state index contributed by atoms with van der Waals surface area (Å²) in [6, 6.07) is 5.03. The van der Waals surface area contributed by atoms with E-state index < -0.39 is 28.6 Å². The highest BCUT2D eigenvalue weighted by atomic mass is 32.2. The Kier molecular flexibility index (Phi) is 4.49. The lowest BCUT2D eigenvalue weighted by atomic mass is 9.86. The molecule has 0 saturated heterocycles. The molecular weight excluding hydrogens is 441 g/mol. The van der Waals surface area contributed by atoms with Crippen molar-refractivity contribution in [3.63, 3.8) is 0 Å². The third kappa shape index (κ3) is 3.03. The Bertz CT molecular complexity index is 1330. The molecule has 3 aromatic heterocycles. The van der Waals surface area contributed by atoms with Gasteiger partial charge in [0, 0.05) is 17.7 Å². The van der Waals surface area contributed by atoms with E-state index >= 15 is 0 Å². The number of aromatic nitrogens is 4. The first kappa shape index (κ1) is 20.4. The fraction of sp³-hybridized carbons (Fsp3) is 0.300. The summed E-state index contributed by atoms with van der Waals surface area (Å²) in [6.07, 6.45) is 1.52. The number of nitriles is 1. The number of fused-ring (bicyclic) bond motifs is 2. The van der Waals surface area contributed by atoms with Gasteiger partial charge in [-0.2, -0.15) is 9.65 Å². The Balaban J connectivity index is 1.54. The number of hydrogen-bond acceptors (Lipinski definition) is 9. The zero-order valence-corrected chi connectivity index (χ0v) is 17.4. The summed E-state index contributed by atoms with van der Waals surface area (Å²) in [5.41, 5.74) is 6.20. The standard InChI is InChI=1S/C20H15F3N8S/c1-19(13-4-20(13,17(22)23)32-18(25)31-19)11-3-10(7-27-15(11)21)30-16-14-12(28-8-29-16)2-9(5-24)6-26-14/h2-3,6-8,13,17H,4H2,1H3,(H2,25,31)(H,28,29,30)/t13-,19-,20-/m0/s1. The van der Waals surface area contributed by atoms with Gasteiger partial charge in [0.25, 0.3) is 6.43 Å². The van der Waals surface area contributed by atoms with Gasteiger partial charge in [0.05, 0.1) is 33.3 Å². The molecule has 0 unspecified atom stereocenters. The number of halogens is 3. The van der Waals surface area contributed by atoms with Gasteiger partial charge in [-0.25, -0.2) is 28.7 Å². The van der Waals surface area contributed by atoms with Crippen LogP contribution in [0.3, 0.4) is 0 Å². The number of amidine groups is 1. The smallest absolute Gasteiger partial charge is 0.253 e. The number of anilines is 2. The van der Waals surface area contributed by atoms with Gasteiger partial charge >= 0.3 is 0 Å². The van der Waals surface area contributed by atoms with Gasteiger partial charge in [-0.05, 0) is 25.5 Å². The van der Waals surface area contributed by atoms with Crippen molar-refractivity contribution in [1.29, 1.82) is 5.26 Å². The van der Waals surface area contributed by atoms with Crippen LogP contribution in [0.25, 0.3) is 11.0 Å². The molecule has 4 heterocycles. The van der Waals surface area contributed by atoms with Gasteiger partial charge in [0.1, 0.15) is 17.9 Å². The monoisotopic (exact) mass is 456 g/mol. The van der Waals surface area contributed by atoms with Gasteiger partial charge in [-0.15, -0.1) is 0 Å². The Morgan fingerprint density at radius 3 is 2.81 bits per heavy atom. The van der Waals surface area contributed by atoms with Crippen molar-refractivity contribution in [2.45, 2.75) is 30.1 Å². The molecule has 0 amide bonds. The molecule has 162 valence electrons. The second-order valence-corrected chi connectivity index (χ2v) is 9.21. The highest BCUT2D eigenvalue weighted by molar-refractivity contribution is 8.15. The van der Waals surface area contributed by atoms with Crippen LogP contribution in [-0.2, 0) is 5.54 Å². The summed E-state index contributed by atoms with van der Waals surface area (Å²) in [4.78, 5) is 20.7. The SMILES string of the molecule is C[C@@]1(c2cc(Nc3ncnc4cc(C#N)cnc34)cnc2F)N=C(N)S[C@@]2(C(F)F)C[C@@H]12. The maximum Gasteiger partial charge on any atom is 0.253 e. The maximum absolute atomic E-state index is 14.8. The molecule has 3 aromatic rings. The first-order valence-electron chi connectivity index (χ1n) is 9.53. The predicted molar refractivity (Wildman–Crippen MR) is 113 cm³/mol. The Morgan fingerprint density at radius 2 is 2.06 bits per heavy atom. The van der Waals surface area contributed by atoms with E-state index in [1.165, 1.54) is 24.8 Å². The fourth-order valence-electron chi connectivity index (χ4n) is 4.21. The second kappa shape index (κ2) is 7.03. The number of thioether (sulfide) groups is 1. The first-order chi connectivity index (χ1) is 15.3. The molecule has 3 atom stereocenters. The number of nitrogens with two attached hydrogens (primary N) is 1. The van der Waals surface area contributed by atoms with Crippen LogP contribution in [0, 0.1) is 23.2 Å². The molecule has 1 aliphatic heterocycles. The van der Waals surface area contributed by atoms with E-state index in [0.29, 0.717) is 28.1 Å². The largest absolute Gasteiger partial charge is 0.378 e. The predicted octanol–water partition coefficient (Wildman–Crippen LogP) is 3.47. The first-order valence-corrected chi connectivity index (χ1v) is 10.3. The molecule has 0 aromatic carbocycles. The number of rotatable bonds is 4. The lowest BCUT2D eigenvalue weighted by molar-refractivity contribution is 0.123. The van der Waals surface area contributed by atoms with Crippen LogP contribution in [0.1, 0.15) is 24.5 Å². The number of nitrogens with zero attached hydrogens (tertiary/aromatic N) is 6. The maximum atomic E-state index is 14.8. The van der Waals surface area contributed by atoms with Crippen LogP contribution in [-0.4, -0.2) is 36.3 Å². The van der Waals surface area contributed by atoms with Crippen molar-refractivity contribution >= 4 is 39.5 Å². The van der Waals surface area contributed by atoms with E-state index in [9.17, 15) is 13.2 Å². The molecule has 32 heavy (non-hydrogen) atoms. The normalized spacial score (nSPS) is 26.4. The molecule has 0 bridgehead atoms. The zero-order valence-electron chi connectivity index (χ0n) is 16.6. The highest BCUT2D eigenvalue weighted by Gasteiger charge is 2.71. The molecular formula is C20H15F3N8S. The summed E-state index contributed by atoms with van der Waals surface area (Å²) in [7, 11) is 0. The number of nitrogens with one attached hydrogen (secondary N) is 1. The Hall–Kier alpha value is -3.46. The van der Waals surface area contributed by atoms with Gasteiger partial charge in [-0.1, -0.05) is 11.8 Å². The average molecular weight is 456 g/mol. The minimum atomic E-state index is -2.61. The topological polar surface area (TPSA) is 126 Å². The van der Waals surface area contributed by atoms with Gasteiger partial charge in [-0.3, -0.25) is 4.99 Å². The summed E-state index contributed by atoms with van der Waals surface area (Å²) >= 11 is 0.856. The van der Waals surface area contributed by atoms with Crippen LogP contribution >= 0.6 is 11.8 Å². The van der Waals surface area contributed by atoms with E-state index in [1.807, 2.05) is 6.07 Å². The van der Waals surface area contributed by atoms with Gasteiger partial charge in [0.15, 0.2) is 11.0 Å². The summed E-state index contributed by atoms with van der Waals surface area (Å²) in [5.74, 6) is -1.06. The highest BCUT2D eigenvalue weighted by Crippen LogP contribution is 2.68. The van der Waals surface area contributed by atoms with Crippen LogP contribution in [0.4, 0.5) is 24.7 Å². The zero-order chi connectivity index (χ0) is 22.7. The third-order valence-electron chi connectivity index (χ3n) is 5.89. The van der Waals surface area contributed by atoms with Crippen molar-refractivity contribution in [1.82, 2.24) is 19.9 Å². The molecule has 0 spiro atoms. The lowest BCUT2D eigenvalue weighted by Crippen LogP contribution is -2.39. The molecule has 1 aliphatic carbocycles. The molecule has 3 N–H and O–H groups in total. The van der Waals surface area contributed by atoms with Gasteiger partial charge < -0.3 is 11.1 Å². The average Bonchev–Trinajstić information content (AvgIpc) is 3.52. The number of alkyl halides is 2. The minimum absolute atomic E-state index is 0.00129. The summed E-state index contributed by atoms with van der Waals surface area (Å²) < 4.78 is 41.0. The Morgan fingerprint density at radius 1 is 1.25 bits per heavy atom. The minimum Gasteiger partial charge on any atom is -0.378 e. The molecule has 8 nitrogen and oxygen atoms in total. The van der Waals surface area contributed by atoms with Crippen LogP contribution in [0.5, 0.6) is 0 Å². The number of aliphatic imine (C=N–C) groups is 1. The van der Waals surface area contributed by atoms with E-state index in [2.05, 4.69) is 30.2 Å². The van der Waals surface area contributed by atoms with Crippen molar-refractivity contribution < 1.29 is 13.2 Å². The third-order valence-corrected chi connectivity index (χ3v) is 7.20. The molecule has 0 radical (unpaired) electrons. The van der Waals surface area contributed by atoms with Crippen molar-refractivity contribution in [2.24, 2.45) is 16.6 Å². The van der Waals surface area contributed by atoms with Crippen molar-refractivity contribution in [3.8, 4) is 6.07 Å². The van der Waals surface area contributed by atoms with E-state index in [4.69, 9.17) is 11.0 Å². The molecule has 1 saturated carbocycles. The van der Waals surface area contributed by atoms with Crippen molar-refractivity contribution in [2.75, 3.05) is 5.32 Å². The molecule has 5 rings (SSSR count). The Labute approximate surface area is 184 Å². The lowest BCUT2D eigenvalue weighted by Gasteiger charge is -2.33. The summed E-state index contributed by atoms with van der Waals surface area (Å²) in [5, 5.41) is 12.1. The summed E-state index contributed by atoms with van der Waals surface area (Å²) in [6.45, 7) is 1.60.